The normalized spacial score (nSPS) is 13.2. The highest BCUT2D eigenvalue weighted by Gasteiger charge is 2.20. The number of benzene rings is 1. The van der Waals surface area contributed by atoms with Crippen LogP contribution in [0.2, 0.25) is 0 Å². The monoisotopic (exact) mass is 339 g/mol. The Morgan fingerprint density at radius 3 is 2.87 bits per heavy atom. The molecule has 0 amide bonds. The van der Waals surface area contributed by atoms with Crippen LogP contribution >= 0.6 is 0 Å². The fraction of sp³-hybridized carbons (Fsp3) is 0.429. The highest BCUT2D eigenvalue weighted by atomic mass is 32.2. The number of hydrogen-bond acceptors (Lipinski definition) is 5. The lowest BCUT2D eigenvalue weighted by molar-refractivity contribution is 0.410. The van der Waals surface area contributed by atoms with Crippen LogP contribution in [0.4, 0.5) is 0 Å². The summed E-state index contributed by atoms with van der Waals surface area (Å²) in [6.45, 7) is 2.44. The first-order chi connectivity index (χ1) is 10.9. The number of aromatic nitrogens is 3. The van der Waals surface area contributed by atoms with Crippen LogP contribution < -0.4 is 9.46 Å². The van der Waals surface area contributed by atoms with Crippen LogP contribution in [0.5, 0.6) is 5.75 Å². The summed E-state index contributed by atoms with van der Waals surface area (Å²) in [7, 11) is -0.491. The minimum atomic E-state index is -3.60. The van der Waals surface area contributed by atoms with Crippen molar-refractivity contribution in [2.24, 2.45) is 0 Å². The molecule has 0 aliphatic heterocycles. The van der Waals surface area contributed by atoms with E-state index in [4.69, 9.17) is 4.74 Å². The van der Waals surface area contributed by atoms with Gasteiger partial charge in [-0.25, -0.2) is 4.98 Å². The van der Waals surface area contributed by atoms with Crippen molar-refractivity contribution < 1.29 is 13.2 Å². The van der Waals surface area contributed by atoms with Gasteiger partial charge in [-0.1, -0.05) is 12.1 Å². The molecule has 0 aliphatic carbocycles. The van der Waals surface area contributed by atoms with Crippen LogP contribution in [0.3, 0.4) is 0 Å². The molecule has 0 aliphatic rings. The van der Waals surface area contributed by atoms with Gasteiger partial charge in [0.1, 0.15) is 18.4 Å². The zero-order chi connectivity index (χ0) is 16.9. The second kappa shape index (κ2) is 7.53. The molecule has 9 heteroatoms. The van der Waals surface area contributed by atoms with Gasteiger partial charge < -0.3 is 4.74 Å². The van der Waals surface area contributed by atoms with Gasteiger partial charge in [0.2, 0.25) is 0 Å². The van der Waals surface area contributed by atoms with Crippen LogP contribution in [0.1, 0.15) is 12.5 Å². The Balaban J connectivity index is 1.97. The van der Waals surface area contributed by atoms with Gasteiger partial charge in [-0.2, -0.15) is 22.5 Å². The van der Waals surface area contributed by atoms with Gasteiger partial charge in [-0.05, 0) is 24.6 Å². The number of rotatable bonds is 8. The predicted molar refractivity (Wildman–Crippen MR) is 86.0 cm³/mol. The summed E-state index contributed by atoms with van der Waals surface area (Å²) in [4.78, 5) is 3.83. The molecule has 0 saturated carbocycles. The average Bonchev–Trinajstić information content (AvgIpc) is 2.99. The molecule has 1 N–H and O–H groups in total. The smallest absolute Gasteiger partial charge is 0.279 e. The molecule has 1 heterocycles. The van der Waals surface area contributed by atoms with Crippen molar-refractivity contribution in [3.63, 3.8) is 0 Å². The molecule has 1 aromatic heterocycles. The molecule has 1 aromatic carbocycles. The Hall–Kier alpha value is -1.97. The van der Waals surface area contributed by atoms with Crippen LogP contribution in [0, 0.1) is 0 Å². The maximum atomic E-state index is 12.4. The Kier molecular flexibility index (Phi) is 5.69. The van der Waals surface area contributed by atoms with Crippen molar-refractivity contribution in [3.8, 4) is 5.75 Å². The molecule has 0 fully saturated rings. The molecule has 23 heavy (non-hydrogen) atoms. The summed E-state index contributed by atoms with van der Waals surface area (Å²) < 4.78 is 35.3. The van der Waals surface area contributed by atoms with Crippen molar-refractivity contribution >= 4 is 10.2 Å². The van der Waals surface area contributed by atoms with Crippen LogP contribution in [-0.2, 0) is 23.3 Å². The molecule has 0 spiro atoms. The Bertz CT molecular complexity index is 718. The Morgan fingerprint density at radius 1 is 1.43 bits per heavy atom. The fourth-order valence-electron chi connectivity index (χ4n) is 2.10. The number of ether oxygens (including phenoxy) is 1. The highest BCUT2D eigenvalue weighted by molar-refractivity contribution is 7.87. The van der Waals surface area contributed by atoms with Gasteiger partial charge in [-0.15, -0.1) is 0 Å². The zero-order valence-electron chi connectivity index (χ0n) is 13.4. The van der Waals surface area contributed by atoms with Gasteiger partial charge in [0, 0.05) is 19.6 Å². The summed E-state index contributed by atoms with van der Waals surface area (Å²) >= 11 is 0. The third-order valence-corrected chi connectivity index (χ3v) is 4.88. The van der Waals surface area contributed by atoms with Crippen LogP contribution in [-0.4, -0.2) is 47.7 Å². The Labute approximate surface area is 136 Å². The van der Waals surface area contributed by atoms with Gasteiger partial charge in [0.15, 0.2) is 0 Å². The number of nitrogens with one attached hydrogen (secondary N) is 1. The third-order valence-electron chi connectivity index (χ3n) is 3.23. The summed E-state index contributed by atoms with van der Waals surface area (Å²) in [6.07, 6.45) is 2.96. The first-order valence-corrected chi connectivity index (χ1v) is 8.53. The van der Waals surface area contributed by atoms with E-state index in [-0.39, 0.29) is 12.6 Å². The van der Waals surface area contributed by atoms with E-state index in [2.05, 4.69) is 14.8 Å². The molecule has 2 aromatic rings. The summed E-state index contributed by atoms with van der Waals surface area (Å²) in [6, 6.07) is 7.00. The van der Waals surface area contributed by atoms with Gasteiger partial charge in [-0.3, -0.25) is 4.68 Å². The maximum Gasteiger partial charge on any atom is 0.279 e. The van der Waals surface area contributed by atoms with E-state index in [0.29, 0.717) is 12.3 Å². The molecular weight excluding hydrogens is 318 g/mol. The second-order valence-electron chi connectivity index (χ2n) is 5.25. The predicted octanol–water partition coefficient (Wildman–Crippen LogP) is 0.642. The average molecular weight is 339 g/mol. The maximum absolute atomic E-state index is 12.4. The first-order valence-electron chi connectivity index (χ1n) is 7.09. The highest BCUT2D eigenvalue weighted by Crippen LogP contribution is 2.14. The minimum Gasteiger partial charge on any atom is -0.497 e. The summed E-state index contributed by atoms with van der Waals surface area (Å²) in [5.74, 6) is 0.695. The molecular formula is C14H21N5O3S. The van der Waals surface area contributed by atoms with Crippen molar-refractivity contribution in [3.05, 3.63) is 42.5 Å². The molecule has 0 saturated heterocycles. The van der Waals surface area contributed by atoms with Crippen LogP contribution in [0.25, 0.3) is 0 Å². The van der Waals surface area contributed by atoms with E-state index in [9.17, 15) is 8.42 Å². The largest absolute Gasteiger partial charge is 0.497 e. The fourth-order valence-corrected chi connectivity index (χ4v) is 3.18. The zero-order valence-corrected chi connectivity index (χ0v) is 14.2. The molecule has 8 nitrogen and oxygen atoms in total. The molecule has 1 atom stereocenters. The van der Waals surface area contributed by atoms with Crippen molar-refractivity contribution in [2.45, 2.75) is 26.1 Å². The van der Waals surface area contributed by atoms with E-state index in [1.165, 1.54) is 17.7 Å². The summed E-state index contributed by atoms with van der Waals surface area (Å²) in [5.41, 5.74) is 0.848. The van der Waals surface area contributed by atoms with Crippen LogP contribution in [0.15, 0.2) is 36.9 Å². The van der Waals surface area contributed by atoms with Gasteiger partial charge >= 0.3 is 0 Å². The van der Waals surface area contributed by atoms with E-state index in [1.807, 2.05) is 24.3 Å². The number of nitrogens with zero attached hydrogens (tertiary/aromatic N) is 4. The molecule has 2 rings (SSSR count). The van der Waals surface area contributed by atoms with Gasteiger partial charge in [0.05, 0.1) is 13.7 Å². The first kappa shape index (κ1) is 17.4. The van der Waals surface area contributed by atoms with Crippen molar-refractivity contribution in [1.82, 2.24) is 23.8 Å². The number of hydrogen-bond donors (Lipinski definition) is 1. The SMILES string of the molecule is COc1cccc(CN(C)S(=O)(=O)N[C@@H](C)Cn2cncn2)c1. The standard InChI is InChI=1S/C14H21N5O3S/c1-12(8-19-11-15-10-16-19)17-23(20,21)18(2)9-13-5-4-6-14(7-13)22-3/h4-7,10-12,17H,8-9H2,1-3H3/t12-/m0/s1. The molecule has 0 radical (unpaired) electrons. The minimum absolute atomic E-state index is 0.253. The lowest BCUT2D eigenvalue weighted by Crippen LogP contribution is -2.43. The van der Waals surface area contributed by atoms with E-state index >= 15 is 0 Å². The topological polar surface area (TPSA) is 89.4 Å². The lowest BCUT2D eigenvalue weighted by Gasteiger charge is -2.21. The Morgan fingerprint density at radius 2 is 2.22 bits per heavy atom. The molecule has 0 bridgehead atoms. The quantitative estimate of drug-likeness (QED) is 0.762. The molecule has 0 unspecified atom stereocenters. The van der Waals surface area contributed by atoms with E-state index < -0.39 is 10.2 Å². The van der Waals surface area contributed by atoms with E-state index in [1.54, 1.807) is 25.0 Å². The second-order valence-corrected chi connectivity index (χ2v) is 7.06. The van der Waals surface area contributed by atoms with Gasteiger partial charge in [0.25, 0.3) is 10.2 Å². The molecule has 126 valence electrons. The van der Waals surface area contributed by atoms with Crippen molar-refractivity contribution in [2.75, 3.05) is 14.2 Å². The number of methoxy groups -OCH3 is 1. The lowest BCUT2D eigenvalue weighted by atomic mass is 10.2. The van der Waals surface area contributed by atoms with Crippen molar-refractivity contribution in [1.29, 1.82) is 0 Å². The van der Waals surface area contributed by atoms with E-state index in [0.717, 1.165) is 5.56 Å². The summed E-state index contributed by atoms with van der Waals surface area (Å²) in [5, 5.41) is 3.96. The third kappa shape index (κ3) is 5.02.